The number of carbonyl (C=O) groups is 1. The molecule has 1 aliphatic carbocycles. The largest absolute Gasteiger partial charge is 0.373 e. The van der Waals surface area contributed by atoms with E-state index in [0.717, 1.165) is 25.9 Å². The third-order valence-corrected chi connectivity index (χ3v) is 5.92. The van der Waals surface area contributed by atoms with E-state index in [1.165, 1.54) is 16.7 Å². The van der Waals surface area contributed by atoms with Gasteiger partial charge in [-0.1, -0.05) is 54.6 Å². The van der Waals surface area contributed by atoms with Crippen molar-refractivity contribution in [2.24, 2.45) is 5.92 Å². The van der Waals surface area contributed by atoms with Gasteiger partial charge in [-0.05, 0) is 71.9 Å². The molecule has 2 aromatic carbocycles. The number of carbonyl (C=O) groups excluding carboxylic acids is 1. The van der Waals surface area contributed by atoms with Gasteiger partial charge in [-0.3, -0.25) is 4.79 Å². The zero-order valence-electron chi connectivity index (χ0n) is 16.1. The molecule has 2 aromatic rings. The number of benzene rings is 2. The summed E-state index contributed by atoms with van der Waals surface area (Å²) in [6, 6.07) is 18.6. The van der Waals surface area contributed by atoms with E-state index in [2.05, 4.69) is 64.3 Å². The molecule has 28 heavy (non-hydrogen) atoms. The van der Waals surface area contributed by atoms with Crippen LogP contribution in [0.4, 0.5) is 0 Å². The standard InChI is InChI=1S/C23H26INO3/c1-23(24,28-20-12-17-9-5-6-10-18(17)13-20)25-22(26)19(14-21-15-27-21)11-16-7-3-2-4-8-16/h2-10,19-21H,11-15H2,1H3,(H,25,26)/t19?,21-,23-/m0/s1. The average molecular weight is 491 g/mol. The smallest absolute Gasteiger partial charge is 0.226 e. The number of hydrogen-bond donors (Lipinski definition) is 1. The fourth-order valence-electron chi connectivity index (χ4n) is 3.97. The average Bonchev–Trinajstić information content (AvgIpc) is 3.38. The zero-order chi connectivity index (χ0) is 19.6. The quantitative estimate of drug-likeness (QED) is 0.199. The van der Waals surface area contributed by atoms with Crippen molar-refractivity contribution in [3.8, 4) is 0 Å². The molecule has 1 amide bonds. The lowest BCUT2D eigenvalue weighted by molar-refractivity contribution is -0.131. The normalized spacial score (nSPS) is 21.6. The van der Waals surface area contributed by atoms with Gasteiger partial charge < -0.3 is 14.8 Å². The second kappa shape index (κ2) is 8.51. The fraction of sp³-hybridized carbons (Fsp3) is 0.435. The highest BCUT2D eigenvalue weighted by Gasteiger charge is 2.35. The number of halogens is 1. The Balaban J connectivity index is 1.37. The lowest BCUT2D eigenvalue weighted by Gasteiger charge is -2.30. The summed E-state index contributed by atoms with van der Waals surface area (Å²) in [5.74, 6) is -0.0832. The maximum Gasteiger partial charge on any atom is 0.226 e. The Labute approximate surface area is 180 Å². The molecule has 2 aliphatic rings. The highest BCUT2D eigenvalue weighted by Crippen LogP contribution is 2.30. The van der Waals surface area contributed by atoms with Crippen LogP contribution in [0.15, 0.2) is 54.6 Å². The minimum atomic E-state index is -0.735. The maximum absolute atomic E-state index is 13.1. The lowest BCUT2D eigenvalue weighted by Crippen LogP contribution is -2.48. The molecule has 4 rings (SSSR count). The summed E-state index contributed by atoms with van der Waals surface area (Å²) in [6.07, 6.45) is 3.57. The molecule has 0 saturated carbocycles. The van der Waals surface area contributed by atoms with Crippen LogP contribution < -0.4 is 5.32 Å². The fourth-order valence-corrected chi connectivity index (χ4v) is 4.59. The summed E-state index contributed by atoms with van der Waals surface area (Å²) < 4.78 is 10.9. The number of epoxide rings is 1. The first-order valence-electron chi connectivity index (χ1n) is 9.89. The van der Waals surface area contributed by atoms with Gasteiger partial charge in [0.1, 0.15) is 0 Å². The van der Waals surface area contributed by atoms with Crippen LogP contribution in [0.2, 0.25) is 0 Å². The second-order valence-electron chi connectivity index (χ2n) is 7.90. The third-order valence-electron chi connectivity index (χ3n) is 5.39. The van der Waals surface area contributed by atoms with Gasteiger partial charge in [0.25, 0.3) is 0 Å². The van der Waals surface area contributed by atoms with Crippen molar-refractivity contribution in [1.29, 1.82) is 0 Å². The van der Waals surface area contributed by atoms with E-state index >= 15 is 0 Å². The number of amides is 1. The van der Waals surface area contributed by atoms with Crippen LogP contribution in [0.5, 0.6) is 0 Å². The van der Waals surface area contributed by atoms with E-state index in [-0.39, 0.29) is 24.0 Å². The molecule has 148 valence electrons. The van der Waals surface area contributed by atoms with Crippen LogP contribution in [0.1, 0.15) is 30.0 Å². The first-order chi connectivity index (χ1) is 13.5. The summed E-state index contributed by atoms with van der Waals surface area (Å²) in [5.41, 5.74) is 3.86. The van der Waals surface area contributed by atoms with E-state index in [9.17, 15) is 4.79 Å². The Morgan fingerprint density at radius 1 is 1.18 bits per heavy atom. The van der Waals surface area contributed by atoms with E-state index in [4.69, 9.17) is 9.47 Å². The van der Waals surface area contributed by atoms with Crippen LogP contribution in [0.3, 0.4) is 0 Å². The first kappa shape index (κ1) is 19.9. The van der Waals surface area contributed by atoms with Crippen molar-refractivity contribution < 1.29 is 14.3 Å². The van der Waals surface area contributed by atoms with Crippen molar-refractivity contribution >= 4 is 28.5 Å². The van der Waals surface area contributed by atoms with Crippen LogP contribution in [0, 0.1) is 5.92 Å². The number of nitrogens with one attached hydrogen (secondary N) is 1. The van der Waals surface area contributed by atoms with Crippen LogP contribution in [0.25, 0.3) is 0 Å². The Morgan fingerprint density at radius 3 is 2.39 bits per heavy atom. The van der Waals surface area contributed by atoms with E-state index in [0.29, 0.717) is 6.42 Å². The Hall–Kier alpha value is -1.44. The summed E-state index contributed by atoms with van der Waals surface area (Å²) >= 11 is 2.21. The van der Waals surface area contributed by atoms with Gasteiger partial charge >= 0.3 is 0 Å². The van der Waals surface area contributed by atoms with Crippen molar-refractivity contribution in [2.45, 2.75) is 48.5 Å². The molecule has 1 aliphatic heterocycles. The number of fused-ring (bicyclic) bond motifs is 1. The van der Waals surface area contributed by atoms with Gasteiger partial charge in [0, 0.05) is 5.92 Å². The Kier molecular flexibility index (Phi) is 6.04. The molecule has 5 heteroatoms. The second-order valence-corrected chi connectivity index (χ2v) is 9.96. The third kappa shape index (κ3) is 5.33. The SMILES string of the molecule is C[C@](I)(NC(=O)C(Cc1ccccc1)C[C@H]1CO1)OC1Cc2ccccc2C1. The molecule has 0 radical (unpaired) electrons. The Morgan fingerprint density at radius 2 is 1.79 bits per heavy atom. The highest BCUT2D eigenvalue weighted by atomic mass is 127. The summed E-state index contributed by atoms with van der Waals surface area (Å²) in [6.45, 7) is 2.69. The molecule has 0 aromatic heterocycles. The number of rotatable bonds is 8. The van der Waals surface area contributed by atoms with Gasteiger partial charge in [0.05, 0.1) is 18.8 Å². The monoisotopic (exact) mass is 491 g/mol. The van der Waals surface area contributed by atoms with Gasteiger partial charge in [-0.15, -0.1) is 0 Å². The van der Waals surface area contributed by atoms with Crippen molar-refractivity contribution in [3.63, 3.8) is 0 Å². The van der Waals surface area contributed by atoms with Gasteiger partial charge in [-0.2, -0.15) is 0 Å². The number of ether oxygens (including phenoxy) is 2. The van der Waals surface area contributed by atoms with Crippen molar-refractivity contribution in [1.82, 2.24) is 5.32 Å². The summed E-state index contributed by atoms with van der Waals surface area (Å²) in [5, 5.41) is 3.13. The highest BCUT2D eigenvalue weighted by molar-refractivity contribution is 14.1. The topological polar surface area (TPSA) is 50.9 Å². The molecule has 3 atom stereocenters. The molecule has 1 saturated heterocycles. The van der Waals surface area contributed by atoms with Crippen LogP contribution >= 0.6 is 22.6 Å². The molecule has 4 nitrogen and oxygen atoms in total. The van der Waals surface area contributed by atoms with E-state index in [1.807, 2.05) is 25.1 Å². The molecular formula is C23H26INO3. The summed E-state index contributed by atoms with van der Waals surface area (Å²) in [4.78, 5) is 13.1. The Bertz CT molecular complexity index is 795. The lowest BCUT2D eigenvalue weighted by atomic mass is 9.94. The molecular weight excluding hydrogens is 465 g/mol. The van der Waals surface area contributed by atoms with Crippen LogP contribution in [-0.2, 0) is 33.5 Å². The molecule has 1 heterocycles. The summed E-state index contributed by atoms with van der Waals surface area (Å²) in [7, 11) is 0. The molecule has 1 unspecified atom stereocenters. The zero-order valence-corrected chi connectivity index (χ0v) is 18.2. The van der Waals surface area contributed by atoms with Crippen molar-refractivity contribution in [2.75, 3.05) is 6.61 Å². The predicted octanol–water partition coefficient (Wildman–Crippen LogP) is 4.04. The van der Waals surface area contributed by atoms with Gasteiger partial charge in [0.2, 0.25) is 5.91 Å². The molecule has 0 bridgehead atoms. The molecule has 0 spiro atoms. The minimum Gasteiger partial charge on any atom is -0.373 e. The predicted molar refractivity (Wildman–Crippen MR) is 117 cm³/mol. The van der Waals surface area contributed by atoms with Crippen molar-refractivity contribution in [3.05, 3.63) is 71.3 Å². The van der Waals surface area contributed by atoms with Gasteiger partial charge in [0.15, 0.2) is 3.73 Å². The first-order valence-corrected chi connectivity index (χ1v) is 11.0. The number of alkyl halides is 1. The van der Waals surface area contributed by atoms with E-state index < -0.39 is 3.73 Å². The molecule has 1 fully saturated rings. The van der Waals surface area contributed by atoms with Gasteiger partial charge in [-0.25, -0.2) is 0 Å². The number of hydrogen-bond acceptors (Lipinski definition) is 3. The molecule has 1 N–H and O–H groups in total. The maximum atomic E-state index is 13.1. The van der Waals surface area contributed by atoms with Crippen LogP contribution in [-0.4, -0.2) is 28.5 Å². The minimum absolute atomic E-state index is 0.0340. The van der Waals surface area contributed by atoms with E-state index in [1.54, 1.807) is 0 Å².